The van der Waals surface area contributed by atoms with Gasteiger partial charge in [0, 0.05) is 0 Å². The molecule has 0 radical (unpaired) electrons. The van der Waals surface area contributed by atoms with Crippen LogP contribution in [0.25, 0.3) is 0 Å². The average molecular weight is 827 g/mol. The third kappa shape index (κ3) is 7.50. The summed E-state index contributed by atoms with van der Waals surface area (Å²) in [7, 11) is -7.27. The van der Waals surface area contributed by atoms with Crippen LogP contribution in [0, 0.1) is 40.9 Å². The van der Waals surface area contributed by atoms with Crippen molar-refractivity contribution in [2.24, 2.45) is 40.9 Å². The standard InChI is InChI=1S/C34H36F10O10S/c35-30(36,53-31(37,38)32(39,40)54-33(41,42)34(43,44)55(47,48)49)16-50-25-9-23(26(45)52-29-13-20-6-21(14-29)8-22(7-20)15-29)1-2-24(25)51-27(46)28-10-17-3-18(11-28)5-19(4-17)12-28/h1-2,9,17-22H,3-8,10-16H2,(H,47,48,49). The number of halogens is 10. The number of hydrogen-bond donors (Lipinski definition) is 1. The number of alkyl halides is 10. The molecule has 8 saturated carbocycles. The summed E-state index contributed by atoms with van der Waals surface area (Å²) in [6.07, 6.45) is -17.5. The fraction of sp³-hybridized carbons (Fsp3) is 0.765. The topological polar surface area (TPSA) is 135 Å². The lowest BCUT2D eigenvalue weighted by Gasteiger charge is -2.55. The van der Waals surface area contributed by atoms with Crippen molar-refractivity contribution in [3.63, 3.8) is 0 Å². The smallest absolute Gasteiger partial charge is 0.460 e. The Bertz CT molecular complexity index is 1750. The molecule has 1 aromatic carbocycles. The number of rotatable bonds is 14. The van der Waals surface area contributed by atoms with Crippen LogP contribution >= 0.6 is 0 Å². The molecule has 8 bridgehead atoms. The van der Waals surface area contributed by atoms with Gasteiger partial charge in [0.05, 0.1) is 11.0 Å². The number of ether oxygens (including phenoxy) is 5. The lowest BCUT2D eigenvalue weighted by molar-refractivity contribution is -0.523. The van der Waals surface area contributed by atoms with Crippen molar-refractivity contribution in [1.29, 1.82) is 0 Å². The van der Waals surface area contributed by atoms with Gasteiger partial charge in [-0.05, 0) is 131 Å². The zero-order valence-electron chi connectivity index (χ0n) is 28.7. The molecule has 0 spiro atoms. The van der Waals surface area contributed by atoms with E-state index in [1.165, 1.54) is 0 Å². The fourth-order valence-electron chi connectivity index (χ4n) is 10.7. The SMILES string of the molecule is O=C(OC12CC3CC(CC(C3)C1)C2)c1ccc(OC(=O)C23CC4CC(CC(C4)C2)C3)c(OCC(F)(F)OC(F)(F)C(F)(F)OC(F)(F)C(F)(F)S(=O)(=O)O)c1. The lowest BCUT2D eigenvalue weighted by Crippen LogP contribution is -2.58. The van der Waals surface area contributed by atoms with Gasteiger partial charge in [-0.15, -0.1) is 0 Å². The molecule has 1 aromatic rings. The zero-order chi connectivity index (χ0) is 40.2. The van der Waals surface area contributed by atoms with E-state index in [4.69, 9.17) is 18.8 Å². The predicted octanol–water partition coefficient (Wildman–Crippen LogP) is 8.20. The van der Waals surface area contributed by atoms with Crippen molar-refractivity contribution in [1.82, 2.24) is 0 Å². The first-order valence-electron chi connectivity index (χ1n) is 17.7. The molecular weight excluding hydrogens is 790 g/mol. The van der Waals surface area contributed by atoms with Gasteiger partial charge in [-0.25, -0.2) is 14.3 Å². The first-order chi connectivity index (χ1) is 25.2. The van der Waals surface area contributed by atoms with E-state index in [2.05, 4.69) is 4.74 Å². The Balaban J connectivity index is 1.10. The minimum absolute atomic E-state index is 0.259. The monoisotopic (exact) mass is 826 g/mol. The molecule has 21 heteroatoms. The summed E-state index contributed by atoms with van der Waals surface area (Å²) in [6.45, 7) is -2.45. The summed E-state index contributed by atoms with van der Waals surface area (Å²) in [6, 6.07) is 2.97. The quantitative estimate of drug-likeness (QED) is 0.0847. The van der Waals surface area contributed by atoms with Gasteiger partial charge in [0.25, 0.3) is 0 Å². The Hall–Kier alpha value is -2.91. The number of hydrogen-bond acceptors (Lipinski definition) is 9. The highest BCUT2D eigenvalue weighted by atomic mass is 32.2. The first-order valence-corrected chi connectivity index (χ1v) is 19.1. The Kier molecular flexibility index (Phi) is 9.56. The summed E-state index contributed by atoms with van der Waals surface area (Å²) in [5, 5.41) is -6.95. The third-order valence-electron chi connectivity index (χ3n) is 12.1. The maximum atomic E-state index is 14.8. The number of carbonyl (C=O) groups excluding carboxylic acids is 2. The van der Waals surface area contributed by atoms with E-state index in [1.807, 2.05) is 4.74 Å². The molecule has 9 rings (SSSR count). The number of carbonyl (C=O) groups is 2. The Morgan fingerprint density at radius 1 is 0.673 bits per heavy atom. The summed E-state index contributed by atoms with van der Waals surface area (Å²) < 4.78 is 190. The Morgan fingerprint density at radius 3 is 1.60 bits per heavy atom. The van der Waals surface area contributed by atoms with Gasteiger partial charge in [-0.3, -0.25) is 9.35 Å². The predicted molar refractivity (Wildman–Crippen MR) is 163 cm³/mol. The molecule has 0 saturated heterocycles. The van der Waals surface area contributed by atoms with Crippen molar-refractivity contribution in [3.8, 4) is 11.5 Å². The second-order valence-corrected chi connectivity index (χ2v) is 17.9. The van der Waals surface area contributed by atoms with Gasteiger partial charge in [-0.1, -0.05) is 0 Å². The van der Waals surface area contributed by atoms with E-state index in [0.29, 0.717) is 56.3 Å². The van der Waals surface area contributed by atoms with E-state index < -0.39 is 80.9 Å². The molecule has 10 nitrogen and oxygen atoms in total. The highest BCUT2D eigenvalue weighted by Crippen LogP contribution is 2.61. The molecule has 0 aromatic heterocycles. The number of benzene rings is 1. The molecule has 308 valence electrons. The molecule has 8 aliphatic rings. The van der Waals surface area contributed by atoms with Crippen LogP contribution in [0.4, 0.5) is 43.9 Å². The Morgan fingerprint density at radius 2 is 1.13 bits per heavy atom. The summed E-state index contributed by atoms with van der Waals surface area (Å²) in [4.78, 5) is 27.2. The van der Waals surface area contributed by atoms with Crippen LogP contribution in [0.5, 0.6) is 11.5 Å². The van der Waals surface area contributed by atoms with Crippen LogP contribution in [0.15, 0.2) is 18.2 Å². The summed E-state index contributed by atoms with van der Waals surface area (Å²) in [5.41, 5.74) is -2.01. The van der Waals surface area contributed by atoms with E-state index >= 15 is 0 Å². The largest absolute Gasteiger partial charge is 0.481 e. The van der Waals surface area contributed by atoms with Gasteiger partial charge in [0.15, 0.2) is 18.1 Å². The molecule has 55 heavy (non-hydrogen) atoms. The molecule has 0 amide bonds. The first kappa shape index (κ1) is 40.3. The van der Waals surface area contributed by atoms with Crippen molar-refractivity contribution >= 4 is 22.1 Å². The van der Waals surface area contributed by atoms with Crippen LogP contribution < -0.4 is 9.47 Å². The van der Waals surface area contributed by atoms with Crippen LogP contribution in [0.1, 0.15) is 87.4 Å². The summed E-state index contributed by atoms with van der Waals surface area (Å²) >= 11 is 0. The summed E-state index contributed by atoms with van der Waals surface area (Å²) in [5.74, 6) is -1.25. The van der Waals surface area contributed by atoms with Gasteiger partial charge in [-0.2, -0.15) is 52.3 Å². The molecule has 8 fully saturated rings. The highest BCUT2D eigenvalue weighted by molar-refractivity contribution is 7.87. The highest BCUT2D eigenvalue weighted by Gasteiger charge is 2.75. The van der Waals surface area contributed by atoms with Gasteiger partial charge in [0.2, 0.25) is 0 Å². The minimum Gasteiger partial charge on any atom is -0.481 e. The van der Waals surface area contributed by atoms with Crippen molar-refractivity contribution in [3.05, 3.63) is 23.8 Å². The van der Waals surface area contributed by atoms with Gasteiger partial charge in [0.1, 0.15) is 5.60 Å². The van der Waals surface area contributed by atoms with Crippen molar-refractivity contribution < 1.29 is 90.1 Å². The minimum atomic E-state index is -7.27. The van der Waals surface area contributed by atoms with E-state index in [0.717, 1.165) is 56.7 Å². The van der Waals surface area contributed by atoms with Crippen LogP contribution in [-0.2, 0) is 29.1 Å². The Labute approximate surface area is 307 Å². The molecule has 8 aliphatic carbocycles. The normalized spacial score (nSPS) is 33.1. The van der Waals surface area contributed by atoms with E-state index in [-0.39, 0.29) is 23.3 Å². The van der Waals surface area contributed by atoms with Gasteiger partial charge < -0.3 is 14.2 Å². The zero-order valence-corrected chi connectivity index (χ0v) is 29.5. The fourth-order valence-corrected chi connectivity index (χ4v) is 11.0. The molecular formula is C34H36F10O10S. The average Bonchev–Trinajstić information content (AvgIpc) is 3.01. The molecule has 0 heterocycles. The van der Waals surface area contributed by atoms with E-state index in [9.17, 15) is 61.9 Å². The van der Waals surface area contributed by atoms with E-state index in [1.54, 1.807) is 0 Å². The van der Waals surface area contributed by atoms with Crippen LogP contribution in [0.2, 0.25) is 0 Å². The maximum absolute atomic E-state index is 14.8. The third-order valence-corrected chi connectivity index (χ3v) is 13.0. The number of esters is 2. The molecule has 1 N–H and O–H groups in total. The van der Waals surface area contributed by atoms with Crippen molar-refractivity contribution in [2.75, 3.05) is 6.61 Å². The maximum Gasteiger partial charge on any atom is 0.460 e. The van der Waals surface area contributed by atoms with Crippen LogP contribution in [0.3, 0.4) is 0 Å². The van der Waals surface area contributed by atoms with Crippen molar-refractivity contribution in [2.45, 2.75) is 112 Å². The van der Waals surface area contributed by atoms with Crippen LogP contribution in [-0.4, -0.2) is 66.8 Å². The van der Waals surface area contributed by atoms with Gasteiger partial charge >= 0.3 is 51.7 Å². The second kappa shape index (κ2) is 13.1. The lowest BCUT2D eigenvalue weighted by atomic mass is 9.49. The molecule has 0 aliphatic heterocycles. The second-order valence-electron chi connectivity index (χ2n) is 16.4. The molecule has 0 atom stereocenters. The molecule has 0 unspecified atom stereocenters.